The van der Waals surface area contributed by atoms with Crippen LogP contribution in [0.25, 0.3) is 6.08 Å². The Bertz CT molecular complexity index is 1900. The van der Waals surface area contributed by atoms with Gasteiger partial charge in [-0.1, -0.05) is 83.9 Å². The second-order valence-electron chi connectivity index (χ2n) is 10.4. The smallest absolute Gasteiger partial charge is 0.272 e. The van der Waals surface area contributed by atoms with Crippen molar-refractivity contribution in [2.75, 3.05) is 17.2 Å². The van der Waals surface area contributed by atoms with Crippen LogP contribution in [0.3, 0.4) is 0 Å². The highest BCUT2D eigenvalue weighted by molar-refractivity contribution is 8.00. The Labute approximate surface area is 293 Å². The van der Waals surface area contributed by atoms with E-state index in [1.165, 1.54) is 17.8 Å². The van der Waals surface area contributed by atoms with Crippen LogP contribution in [-0.2, 0) is 9.59 Å². The van der Waals surface area contributed by atoms with Gasteiger partial charge in [-0.05, 0) is 85.3 Å². The molecule has 3 amide bonds. The fourth-order valence-electron chi connectivity index (χ4n) is 4.63. The van der Waals surface area contributed by atoms with Crippen LogP contribution >= 0.6 is 35.0 Å². The van der Waals surface area contributed by atoms with Crippen molar-refractivity contribution in [1.82, 2.24) is 5.32 Å². The highest BCUT2D eigenvalue weighted by Crippen LogP contribution is 2.37. The number of anilines is 2. The Morgan fingerprint density at radius 3 is 2.06 bits per heavy atom. The van der Waals surface area contributed by atoms with Crippen molar-refractivity contribution in [3.8, 4) is 5.75 Å². The summed E-state index contributed by atoms with van der Waals surface area (Å²) < 4.78 is 5.51. The average Bonchev–Trinajstić information content (AvgIpc) is 3.10. The molecule has 242 valence electrons. The number of rotatable bonds is 12. The van der Waals surface area contributed by atoms with Gasteiger partial charge in [0.25, 0.3) is 11.8 Å². The van der Waals surface area contributed by atoms with Gasteiger partial charge in [-0.25, -0.2) is 0 Å². The molecule has 5 rings (SSSR count). The average molecular weight is 697 g/mol. The summed E-state index contributed by atoms with van der Waals surface area (Å²) >= 11 is 14.1. The van der Waals surface area contributed by atoms with Gasteiger partial charge in [0.15, 0.2) is 0 Å². The lowest BCUT2D eigenvalue weighted by Gasteiger charge is -2.18. The van der Waals surface area contributed by atoms with Gasteiger partial charge >= 0.3 is 0 Å². The summed E-state index contributed by atoms with van der Waals surface area (Å²) in [6, 6.07) is 37.3. The van der Waals surface area contributed by atoms with Gasteiger partial charge in [0, 0.05) is 37.4 Å². The maximum atomic E-state index is 13.7. The molecule has 5 aromatic carbocycles. The van der Waals surface area contributed by atoms with E-state index >= 15 is 0 Å². The zero-order valence-corrected chi connectivity index (χ0v) is 28.1. The minimum absolute atomic E-state index is 0.0613. The summed E-state index contributed by atoms with van der Waals surface area (Å²) in [5.74, 6) is -0.565. The number of carbonyl (C=O) groups is 3. The molecule has 0 heterocycles. The monoisotopic (exact) mass is 695 g/mol. The van der Waals surface area contributed by atoms with Crippen molar-refractivity contribution >= 4 is 70.1 Å². The maximum Gasteiger partial charge on any atom is 0.272 e. The third kappa shape index (κ3) is 9.29. The third-order valence-electron chi connectivity index (χ3n) is 6.94. The number of thioether (sulfide) groups is 1. The van der Waals surface area contributed by atoms with Gasteiger partial charge in [0.05, 0.1) is 6.61 Å². The van der Waals surface area contributed by atoms with Gasteiger partial charge in [-0.3, -0.25) is 14.4 Å². The Morgan fingerprint density at radius 2 is 1.40 bits per heavy atom. The van der Waals surface area contributed by atoms with Gasteiger partial charge in [0.1, 0.15) is 16.7 Å². The van der Waals surface area contributed by atoms with Crippen molar-refractivity contribution in [1.29, 1.82) is 0 Å². The molecule has 0 radical (unpaired) electrons. The molecular weight excluding hydrogens is 665 g/mol. The molecule has 0 saturated carbocycles. The van der Waals surface area contributed by atoms with Crippen molar-refractivity contribution in [2.45, 2.75) is 17.1 Å². The molecule has 0 spiro atoms. The second-order valence-corrected chi connectivity index (χ2v) is 12.3. The third-order valence-corrected chi connectivity index (χ3v) is 8.84. The van der Waals surface area contributed by atoms with E-state index in [1.807, 2.05) is 43.3 Å². The van der Waals surface area contributed by atoms with Crippen LogP contribution in [0.2, 0.25) is 10.0 Å². The molecule has 0 fully saturated rings. The minimum atomic E-state index is -0.605. The van der Waals surface area contributed by atoms with Crippen molar-refractivity contribution < 1.29 is 19.1 Å². The standard InChI is InChI=1S/C38H31Cl2N3O4S/c1-2-47-29-21-19-27(20-22-29)41-38(46)35(25-11-5-3-6-12-25)48-30-16-9-15-28(23-30)42-37(45)34(24-31-32(39)17-10-18-33(31)40)43-36(44)26-13-7-4-8-14-26/h3-24,35H,2H2,1H3,(H,41,46)(H,42,45)(H,43,44)/b34-24+. The Kier molecular flexibility index (Phi) is 11.9. The van der Waals surface area contributed by atoms with Crippen molar-refractivity contribution in [3.05, 3.63) is 160 Å². The summed E-state index contributed by atoms with van der Waals surface area (Å²) in [7, 11) is 0. The Hall–Kier alpha value is -5.02. The molecule has 3 N–H and O–H groups in total. The van der Waals surface area contributed by atoms with Crippen LogP contribution in [0.4, 0.5) is 11.4 Å². The summed E-state index contributed by atoms with van der Waals surface area (Å²) in [6.07, 6.45) is 1.44. The molecule has 1 unspecified atom stereocenters. The number of ether oxygens (including phenoxy) is 1. The first-order valence-electron chi connectivity index (χ1n) is 15.0. The number of nitrogens with one attached hydrogen (secondary N) is 3. The summed E-state index contributed by atoms with van der Waals surface area (Å²) in [5.41, 5.74) is 2.60. The number of hydrogen-bond acceptors (Lipinski definition) is 5. The number of amides is 3. The van der Waals surface area contributed by atoms with Crippen LogP contribution in [0, 0.1) is 0 Å². The van der Waals surface area contributed by atoms with Crippen LogP contribution < -0.4 is 20.7 Å². The van der Waals surface area contributed by atoms with Crippen LogP contribution in [0.1, 0.15) is 33.7 Å². The van der Waals surface area contributed by atoms with E-state index in [0.29, 0.717) is 39.2 Å². The summed E-state index contributed by atoms with van der Waals surface area (Å²) in [4.78, 5) is 41.1. The number of halogens is 2. The molecule has 0 aliphatic rings. The first-order valence-corrected chi connectivity index (χ1v) is 16.6. The van der Waals surface area contributed by atoms with Crippen LogP contribution in [-0.4, -0.2) is 24.3 Å². The predicted octanol–water partition coefficient (Wildman–Crippen LogP) is 9.27. The summed E-state index contributed by atoms with van der Waals surface area (Å²) in [5, 5.41) is 8.59. The van der Waals surface area contributed by atoms with Crippen LogP contribution in [0.5, 0.6) is 5.75 Å². The predicted molar refractivity (Wildman–Crippen MR) is 195 cm³/mol. The minimum Gasteiger partial charge on any atom is -0.494 e. The molecule has 0 saturated heterocycles. The zero-order chi connectivity index (χ0) is 33.9. The molecule has 5 aromatic rings. The van der Waals surface area contributed by atoms with E-state index in [9.17, 15) is 14.4 Å². The molecule has 10 heteroatoms. The largest absolute Gasteiger partial charge is 0.494 e. The van der Waals surface area contributed by atoms with E-state index < -0.39 is 17.1 Å². The fourth-order valence-corrected chi connectivity index (χ4v) is 6.22. The molecule has 48 heavy (non-hydrogen) atoms. The van der Waals surface area contributed by atoms with E-state index in [4.69, 9.17) is 27.9 Å². The lowest BCUT2D eigenvalue weighted by Crippen LogP contribution is -2.30. The lowest BCUT2D eigenvalue weighted by atomic mass is 10.1. The molecule has 0 bridgehead atoms. The molecule has 7 nitrogen and oxygen atoms in total. The van der Waals surface area contributed by atoms with Crippen molar-refractivity contribution in [3.63, 3.8) is 0 Å². The zero-order valence-electron chi connectivity index (χ0n) is 25.8. The van der Waals surface area contributed by atoms with E-state index in [-0.39, 0.29) is 11.6 Å². The highest BCUT2D eigenvalue weighted by Gasteiger charge is 2.23. The number of carbonyl (C=O) groups excluding carboxylic acids is 3. The Morgan fingerprint density at radius 1 is 0.750 bits per heavy atom. The van der Waals surface area contributed by atoms with Gasteiger partial charge < -0.3 is 20.7 Å². The summed E-state index contributed by atoms with van der Waals surface area (Å²) in [6.45, 7) is 2.46. The topological polar surface area (TPSA) is 96.5 Å². The molecule has 0 aliphatic carbocycles. The quantitative estimate of drug-likeness (QED) is 0.0893. The van der Waals surface area contributed by atoms with E-state index in [2.05, 4.69) is 16.0 Å². The first-order chi connectivity index (χ1) is 23.3. The van der Waals surface area contributed by atoms with Gasteiger partial charge in [0.2, 0.25) is 5.91 Å². The SMILES string of the molecule is CCOc1ccc(NC(=O)C(Sc2cccc(NC(=O)/C(=C\c3c(Cl)cccc3Cl)NC(=O)c3ccccc3)c2)c2ccccc2)cc1. The van der Waals surface area contributed by atoms with Crippen LogP contribution in [0.15, 0.2) is 138 Å². The second kappa shape index (κ2) is 16.7. The maximum absolute atomic E-state index is 13.7. The molecular formula is C38H31Cl2N3O4S. The molecule has 1 atom stereocenters. The highest BCUT2D eigenvalue weighted by atomic mass is 35.5. The number of hydrogen-bond donors (Lipinski definition) is 3. The van der Waals surface area contributed by atoms with E-state index in [0.717, 1.165) is 16.2 Å². The van der Waals surface area contributed by atoms with Crippen molar-refractivity contribution in [2.24, 2.45) is 0 Å². The normalized spacial score (nSPS) is 11.7. The lowest BCUT2D eigenvalue weighted by molar-refractivity contribution is -0.116. The molecule has 0 aromatic heterocycles. The first kappa shape index (κ1) is 34.3. The Balaban J connectivity index is 1.38. The van der Waals surface area contributed by atoms with Gasteiger partial charge in [-0.2, -0.15) is 0 Å². The fraction of sp³-hybridized carbons (Fsp3) is 0.0789. The molecule has 0 aliphatic heterocycles. The van der Waals surface area contributed by atoms with Gasteiger partial charge in [-0.15, -0.1) is 11.8 Å². The number of benzene rings is 5. The van der Waals surface area contributed by atoms with E-state index in [1.54, 1.807) is 91.0 Å².